The number of halogens is 1. The highest BCUT2D eigenvalue weighted by Gasteiger charge is 2.27. The van der Waals surface area contributed by atoms with E-state index in [0.717, 1.165) is 11.4 Å². The monoisotopic (exact) mass is 482 g/mol. The number of rotatable bonds is 9. The zero-order valence-corrected chi connectivity index (χ0v) is 20.4. The molecule has 7 nitrogen and oxygen atoms in total. The minimum atomic E-state index is -0.852. The Kier molecular flexibility index (Phi) is 8.59. The molecule has 2 amide bonds. The fourth-order valence-electron chi connectivity index (χ4n) is 3.28. The SMILES string of the molecule is COc1ccc(NC(=O)[C@@H](C)N(Cc2ccccc2F)C(=O)CSc2nc(C)cc(C)n2)cc1. The molecule has 0 spiro atoms. The molecular weight excluding hydrogens is 455 g/mol. The van der Waals surface area contributed by atoms with E-state index in [0.29, 0.717) is 22.2 Å². The summed E-state index contributed by atoms with van der Waals surface area (Å²) < 4.78 is 19.5. The lowest BCUT2D eigenvalue weighted by Gasteiger charge is -2.28. The van der Waals surface area contributed by atoms with Crippen molar-refractivity contribution in [3.05, 3.63) is 77.4 Å². The smallest absolute Gasteiger partial charge is 0.246 e. The molecule has 1 aromatic heterocycles. The Balaban J connectivity index is 1.77. The van der Waals surface area contributed by atoms with Crippen LogP contribution in [0.4, 0.5) is 10.1 Å². The van der Waals surface area contributed by atoms with E-state index in [4.69, 9.17) is 4.74 Å². The second-order valence-corrected chi connectivity index (χ2v) is 8.67. The van der Waals surface area contributed by atoms with Crippen molar-refractivity contribution in [2.45, 2.75) is 38.5 Å². The van der Waals surface area contributed by atoms with Gasteiger partial charge >= 0.3 is 0 Å². The van der Waals surface area contributed by atoms with Crippen LogP contribution in [-0.4, -0.2) is 45.6 Å². The third-order valence-electron chi connectivity index (χ3n) is 5.11. The molecule has 1 N–H and O–H groups in total. The molecule has 34 heavy (non-hydrogen) atoms. The lowest BCUT2D eigenvalue weighted by Crippen LogP contribution is -2.46. The number of nitrogens with one attached hydrogen (secondary N) is 1. The highest BCUT2D eigenvalue weighted by atomic mass is 32.2. The lowest BCUT2D eigenvalue weighted by atomic mass is 10.1. The fourth-order valence-corrected chi connectivity index (χ4v) is 4.12. The molecule has 3 rings (SSSR count). The molecule has 0 radical (unpaired) electrons. The number of hydrogen-bond acceptors (Lipinski definition) is 6. The van der Waals surface area contributed by atoms with Gasteiger partial charge in [-0.15, -0.1) is 0 Å². The summed E-state index contributed by atoms with van der Waals surface area (Å²) in [5.74, 6) is -0.477. The standard InChI is InChI=1S/C25H27FN4O3S/c1-16-13-17(2)28-25(27-16)34-15-23(31)30(14-19-7-5-6-8-22(19)26)18(3)24(32)29-20-9-11-21(33-4)12-10-20/h5-13,18H,14-15H2,1-4H3,(H,29,32)/t18-/m1/s1. The molecule has 0 saturated carbocycles. The lowest BCUT2D eigenvalue weighted by molar-refractivity contribution is -0.136. The molecule has 1 heterocycles. The van der Waals surface area contributed by atoms with Gasteiger partial charge in [-0.1, -0.05) is 30.0 Å². The summed E-state index contributed by atoms with van der Waals surface area (Å²) in [6.45, 7) is 5.29. The summed E-state index contributed by atoms with van der Waals surface area (Å²) in [5, 5.41) is 3.28. The molecule has 3 aromatic rings. The predicted molar refractivity (Wildman–Crippen MR) is 130 cm³/mol. The number of hydrogen-bond donors (Lipinski definition) is 1. The Bertz CT molecular complexity index is 1140. The first kappa shape index (κ1) is 25.2. The predicted octanol–water partition coefficient (Wildman–Crippen LogP) is 4.39. The Morgan fingerprint density at radius 1 is 1.09 bits per heavy atom. The van der Waals surface area contributed by atoms with Crippen molar-refractivity contribution in [2.24, 2.45) is 0 Å². The van der Waals surface area contributed by atoms with E-state index in [1.165, 1.54) is 22.7 Å². The van der Waals surface area contributed by atoms with Crippen molar-refractivity contribution in [2.75, 3.05) is 18.2 Å². The molecule has 0 aliphatic rings. The fraction of sp³-hybridized carbons (Fsp3) is 0.280. The quantitative estimate of drug-likeness (QED) is 0.360. The Morgan fingerprint density at radius 2 is 1.74 bits per heavy atom. The van der Waals surface area contributed by atoms with Crippen LogP contribution in [0.15, 0.2) is 59.8 Å². The summed E-state index contributed by atoms with van der Waals surface area (Å²) in [7, 11) is 1.56. The minimum Gasteiger partial charge on any atom is -0.497 e. The summed E-state index contributed by atoms with van der Waals surface area (Å²) in [6.07, 6.45) is 0. The third kappa shape index (κ3) is 6.77. The number of nitrogens with zero attached hydrogens (tertiary/aromatic N) is 3. The number of aryl methyl sites for hydroxylation is 2. The highest BCUT2D eigenvalue weighted by Crippen LogP contribution is 2.20. The van der Waals surface area contributed by atoms with Crippen molar-refractivity contribution in [1.29, 1.82) is 0 Å². The molecule has 1 atom stereocenters. The number of methoxy groups -OCH3 is 1. The molecular formula is C25H27FN4O3S. The number of amides is 2. The van der Waals surface area contributed by atoms with Crippen LogP contribution >= 0.6 is 11.8 Å². The second kappa shape index (κ2) is 11.6. The first-order valence-electron chi connectivity index (χ1n) is 10.7. The summed E-state index contributed by atoms with van der Waals surface area (Å²) in [5.41, 5.74) is 2.50. The zero-order valence-electron chi connectivity index (χ0n) is 19.5. The van der Waals surface area contributed by atoms with E-state index in [9.17, 15) is 14.0 Å². The topological polar surface area (TPSA) is 84.4 Å². The van der Waals surface area contributed by atoms with Crippen LogP contribution in [0.1, 0.15) is 23.9 Å². The Hall–Kier alpha value is -3.46. The summed E-state index contributed by atoms with van der Waals surface area (Å²) in [6, 6.07) is 14.1. The van der Waals surface area contributed by atoms with E-state index in [1.54, 1.807) is 56.5 Å². The van der Waals surface area contributed by atoms with Crippen molar-refractivity contribution >= 4 is 29.3 Å². The number of anilines is 1. The van der Waals surface area contributed by atoms with Crippen molar-refractivity contribution in [3.8, 4) is 5.75 Å². The van der Waals surface area contributed by atoms with Gasteiger partial charge in [-0.3, -0.25) is 9.59 Å². The van der Waals surface area contributed by atoms with E-state index in [1.807, 2.05) is 19.9 Å². The first-order valence-corrected chi connectivity index (χ1v) is 11.7. The summed E-state index contributed by atoms with van der Waals surface area (Å²) >= 11 is 1.18. The average Bonchev–Trinajstić information content (AvgIpc) is 2.81. The van der Waals surface area contributed by atoms with Gasteiger partial charge in [0.1, 0.15) is 17.6 Å². The second-order valence-electron chi connectivity index (χ2n) is 7.73. The van der Waals surface area contributed by atoms with Crippen LogP contribution in [0.2, 0.25) is 0 Å². The minimum absolute atomic E-state index is 0.0114. The normalized spacial score (nSPS) is 11.6. The van der Waals surface area contributed by atoms with Crippen LogP contribution in [0.3, 0.4) is 0 Å². The summed E-state index contributed by atoms with van der Waals surface area (Å²) in [4.78, 5) is 36.3. The zero-order chi connectivity index (χ0) is 24.7. The van der Waals surface area contributed by atoms with E-state index < -0.39 is 11.9 Å². The van der Waals surface area contributed by atoms with E-state index in [-0.39, 0.29) is 24.1 Å². The molecule has 178 valence electrons. The molecule has 9 heteroatoms. The van der Waals surface area contributed by atoms with E-state index >= 15 is 0 Å². The van der Waals surface area contributed by atoms with Crippen LogP contribution in [0, 0.1) is 19.7 Å². The molecule has 0 aliphatic carbocycles. The van der Waals surface area contributed by atoms with Crippen LogP contribution in [0.5, 0.6) is 5.75 Å². The Labute approximate surface area is 202 Å². The number of thioether (sulfide) groups is 1. The number of carbonyl (C=O) groups is 2. The van der Waals surface area contributed by atoms with Crippen LogP contribution < -0.4 is 10.1 Å². The maximum absolute atomic E-state index is 14.4. The third-order valence-corrected chi connectivity index (χ3v) is 5.94. The van der Waals surface area contributed by atoms with Gasteiger partial charge in [0.25, 0.3) is 0 Å². The molecule has 0 aliphatic heterocycles. The van der Waals surface area contributed by atoms with Crippen molar-refractivity contribution < 1.29 is 18.7 Å². The van der Waals surface area contributed by atoms with Crippen molar-refractivity contribution in [1.82, 2.24) is 14.9 Å². The van der Waals surface area contributed by atoms with E-state index in [2.05, 4.69) is 15.3 Å². The maximum Gasteiger partial charge on any atom is 0.246 e. The highest BCUT2D eigenvalue weighted by molar-refractivity contribution is 7.99. The van der Waals surface area contributed by atoms with Gasteiger partial charge in [0, 0.05) is 29.2 Å². The van der Waals surface area contributed by atoms with Gasteiger partial charge in [0.2, 0.25) is 11.8 Å². The van der Waals surface area contributed by atoms with Crippen LogP contribution in [-0.2, 0) is 16.1 Å². The maximum atomic E-state index is 14.4. The first-order chi connectivity index (χ1) is 16.3. The van der Waals surface area contributed by atoms with Crippen molar-refractivity contribution in [3.63, 3.8) is 0 Å². The Morgan fingerprint density at radius 3 is 2.35 bits per heavy atom. The van der Waals surface area contributed by atoms with Crippen LogP contribution in [0.25, 0.3) is 0 Å². The largest absolute Gasteiger partial charge is 0.497 e. The number of carbonyl (C=O) groups excluding carboxylic acids is 2. The molecule has 0 bridgehead atoms. The molecule has 0 fully saturated rings. The number of benzene rings is 2. The van der Waals surface area contributed by atoms with Gasteiger partial charge < -0.3 is 15.0 Å². The van der Waals surface area contributed by atoms with Gasteiger partial charge in [0.05, 0.1) is 12.9 Å². The van der Waals surface area contributed by atoms with Gasteiger partial charge in [-0.2, -0.15) is 0 Å². The van der Waals surface area contributed by atoms with Gasteiger partial charge in [0.15, 0.2) is 5.16 Å². The molecule has 0 unspecified atom stereocenters. The van der Waals surface area contributed by atoms with Gasteiger partial charge in [-0.25, -0.2) is 14.4 Å². The number of ether oxygens (including phenoxy) is 1. The average molecular weight is 483 g/mol. The van der Waals surface area contributed by atoms with Gasteiger partial charge in [-0.05, 0) is 57.2 Å². The number of aromatic nitrogens is 2. The molecule has 2 aromatic carbocycles. The molecule has 0 saturated heterocycles.